The van der Waals surface area contributed by atoms with Gasteiger partial charge in [0.15, 0.2) is 0 Å². The molecule has 0 radical (unpaired) electrons. The van der Waals surface area contributed by atoms with E-state index in [1.165, 1.54) is 0 Å². The van der Waals surface area contributed by atoms with Gasteiger partial charge in [0.2, 0.25) is 5.91 Å². The van der Waals surface area contributed by atoms with Crippen LogP contribution < -0.4 is 11.1 Å². The Hall–Kier alpha value is -0.810. The summed E-state index contributed by atoms with van der Waals surface area (Å²) >= 11 is 0. The summed E-state index contributed by atoms with van der Waals surface area (Å²) in [5.74, 6) is -0.437. The normalized spacial score (nSPS) is 13.1. The fourth-order valence-electron chi connectivity index (χ4n) is 1.41. The molecule has 0 aliphatic heterocycles. The van der Waals surface area contributed by atoms with Gasteiger partial charge in [-0.25, -0.2) is 4.79 Å². The number of hydrogen-bond donors (Lipinski definition) is 2. The van der Waals surface area contributed by atoms with Gasteiger partial charge in [0.05, 0.1) is 6.61 Å². The van der Waals surface area contributed by atoms with Gasteiger partial charge in [-0.15, -0.1) is 12.4 Å². The topological polar surface area (TPSA) is 81.4 Å². The minimum Gasteiger partial charge on any atom is -0.464 e. The molecule has 108 valence electrons. The van der Waals surface area contributed by atoms with E-state index in [-0.39, 0.29) is 30.2 Å². The van der Waals surface area contributed by atoms with Crippen molar-refractivity contribution < 1.29 is 14.3 Å². The van der Waals surface area contributed by atoms with Gasteiger partial charge in [0.1, 0.15) is 6.04 Å². The lowest BCUT2D eigenvalue weighted by Gasteiger charge is -2.22. The summed E-state index contributed by atoms with van der Waals surface area (Å²) < 4.78 is 4.95. The van der Waals surface area contributed by atoms with E-state index >= 15 is 0 Å². The molecule has 2 atom stereocenters. The van der Waals surface area contributed by atoms with E-state index in [4.69, 9.17) is 10.5 Å². The van der Waals surface area contributed by atoms with Crippen LogP contribution in [0, 0.1) is 5.92 Å². The van der Waals surface area contributed by atoms with Gasteiger partial charge in [-0.2, -0.15) is 0 Å². The highest BCUT2D eigenvalue weighted by atomic mass is 35.5. The van der Waals surface area contributed by atoms with Gasteiger partial charge in [-0.3, -0.25) is 4.79 Å². The molecule has 0 rings (SSSR count). The Kier molecular flexibility index (Phi) is 12.2. The summed E-state index contributed by atoms with van der Waals surface area (Å²) in [7, 11) is 0. The second kappa shape index (κ2) is 11.3. The maximum Gasteiger partial charge on any atom is 0.328 e. The molecular formula is C12H25ClN2O3. The second-order valence-corrected chi connectivity index (χ2v) is 4.07. The largest absolute Gasteiger partial charge is 0.464 e. The SMILES string of the molecule is CCOC(=O)C(NC(=O)CCCN)C(C)CC.Cl. The maximum absolute atomic E-state index is 11.7. The van der Waals surface area contributed by atoms with Crippen LogP contribution in [0.2, 0.25) is 0 Å². The minimum absolute atomic E-state index is 0. The van der Waals surface area contributed by atoms with Crippen LogP contribution in [0.3, 0.4) is 0 Å². The standard InChI is InChI=1S/C12H24N2O3.ClH/c1-4-9(3)11(12(16)17-5-2)14-10(15)7-6-8-13;/h9,11H,4-8,13H2,1-3H3,(H,14,15);1H. The van der Waals surface area contributed by atoms with Crippen molar-refractivity contribution in [3.05, 3.63) is 0 Å². The first-order chi connectivity index (χ1) is 8.06. The van der Waals surface area contributed by atoms with Gasteiger partial charge >= 0.3 is 5.97 Å². The van der Waals surface area contributed by atoms with Gasteiger partial charge < -0.3 is 15.8 Å². The van der Waals surface area contributed by atoms with Crippen LogP contribution in [0.25, 0.3) is 0 Å². The van der Waals surface area contributed by atoms with E-state index in [2.05, 4.69) is 5.32 Å². The molecule has 18 heavy (non-hydrogen) atoms. The molecule has 5 nitrogen and oxygen atoms in total. The average Bonchev–Trinajstić information content (AvgIpc) is 2.32. The van der Waals surface area contributed by atoms with Gasteiger partial charge in [-0.1, -0.05) is 20.3 Å². The highest BCUT2D eigenvalue weighted by Crippen LogP contribution is 2.10. The molecular weight excluding hydrogens is 256 g/mol. The fourth-order valence-corrected chi connectivity index (χ4v) is 1.41. The van der Waals surface area contributed by atoms with E-state index in [0.29, 0.717) is 26.0 Å². The molecule has 6 heteroatoms. The summed E-state index contributed by atoms with van der Waals surface area (Å²) in [4.78, 5) is 23.3. The first-order valence-electron chi connectivity index (χ1n) is 6.22. The highest BCUT2D eigenvalue weighted by Gasteiger charge is 2.26. The van der Waals surface area contributed by atoms with Crippen LogP contribution in [0.4, 0.5) is 0 Å². The van der Waals surface area contributed by atoms with E-state index in [9.17, 15) is 9.59 Å². The predicted molar refractivity (Wildman–Crippen MR) is 73.6 cm³/mol. The quantitative estimate of drug-likeness (QED) is 0.656. The molecule has 0 fully saturated rings. The van der Waals surface area contributed by atoms with Crippen LogP contribution >= 0.6 is 12.4 Å². The number of amides is 1. The third-order valence-corrected chi connectivity index (χ3v) is 2.68. The van der Waals surface area contributed by atoms with Gasteiger partial charge in [-0.05, 0) is 25.8 Å². The zero-order valence-corrected chi connectivity index (χ0v) is 12.2. The van der Waals surface area contributed by atoms with Crippen molar-refractivity contribution in [2.45, 2.75) is 46.1 Å². The van der Waals surface area contributed by atoms with Crippen molar-refractivity contribution in [2.24, 2.45) is 11.7 Å². The number of nitrogens with two attached hydrogens (primary N) is 1. The van der Waals surface area contributed by atoms with Crippen molar-refractivity contribution in [1.82, 2.24) is 5.32 Å². The summed E-state index contributed by atoms with van der Waals surface area (Å²) in [6.45, 7) is 6.45. The lowest BCUT2D eigenvalue weighted by molar-refractivity contribution is -0.149. The number of hydrogen-bond acceptors (Lipinski definition) is 4. The number of ether oxygens (including phenoxy) is 1. The first kappa shape index (κ1) is 19.5. The molecule has 0 spiro atoms. The Bertz CT molecular complexity index is 249. The van der Waals surface area contributed by atoms with Crippen LogP contribution in [0.15, 0.2) is 0 Å². The van der Waals surface area contributed by atoms with Crippen LogP contribution in [0.1, 0.15) is 40.0 Å². The molecule has 0 aliphatic carbocycles. The molecule has 1 amide bonds. The van der Waals surface area contributed by atoms with Crippen molar-refractivity contribution >= 4 is 24.3 Å². The maximum atomic E-state index is 11.7. The van der Waals surface area contributed by atoms with Crippen LogP contribution in [-0.2, 0) is 14.3 Å². The van der Waals surface area contributed by atoms with Crippen LogP contribution in [-0.4, -0.2) is 31.1 Å². The highest BCUT2D eigenvalue weighted by molar-refractivity contribution is 5.85. The smallest absolute Gasteiger partial charge is 0.328 e. The molecule has 0 saturated carbocycles. The predicted octanol–water partition coefficient (Wildman–Crippen LogP) is 1.24. The van der Waals surface area contributed by atoms with Crippen molar-refractivity contribution in [1.29, 1.82) is 0 Å². The Morgan fingerprint density at radius 1 is 1.33 bits per heavy atom. The molecule has 2 unspecified atom stereocenters. The van der Waals surface area contributed by atoms with Crippen LogP contribution in [0.5, 0.6) is 0 Å². The molecule has 0 aromatic heterocycles. The number of nitrogens with one attached hydrogen (secondary N) is 1. The van der Waals surface area contributed by atoms with Crippen molar-refractivity contribution in [3.8, 4) is 0 Å². The third-order valence-electron chi connectivity index (χ3n) is 2.68. The zero-order valence-electron chi connectivity index (χ0n) is 11.4. The molecule has 3 N–H and O–H groups in total. The minimum atomic E-state index is -0.551. The first-order valence-corrected chi connectivity index (χ1v) is 6.22. The van der Waals surface area contributed by atoms with E-state index in [1.807, 2.05) is 13.8 Å². The Labute approximate surface area is 115 Å². The number of rotatable bonds is 8. The van der Waals surface area contributed by atoms with Gasteiger partial charge in [0, 0.05) is 6.42 Å². The lowest BCUT2D eigenvalue weighted by atomic mass is 9.99. The molecule has 0 aliphatic rings. The number of carbonyl (C=O) groups is 2. The van der Waals surface area contributed by atoms with E-state index in [1.54, 1.807) is 6.92 Å². The summed E-state index contributed by atoms with van der Waals surface area (Å²) in [6.07, 6.45) is 1.78. The lowest BCUT2D eigenvalue weighted by Crippen LogP contribution is -2.46. The Balaban J connectivity index is 0. The number of carbonyl (C=O) groups excluding carboxylic acids is 2. The number of esters is 1. The second-order valence-electron chi connectivity index (χ2n) is 4.07. The zero-order chi connectivity index (χ0) is 13.3. The van der Waals surface area contributed by atoms with E-state index in [0.717, 1.165) is 6.42 Å². The van der Waals surface area contributed by atoms with Gasteiger partial charge in [0.25, 0.3) is 0 Å². The van der Waals surface area contributed by atoms with E-state index < -0.39 is 6.04 Å². The molecule has 0 saturated heterocycles. The molecule has 0 heterocycles. The molecule has 0 aromatic carbocycles. The van der Waals surface area contributed by atoms with Crippen molar-refractivity contribution in [2.75, 3.05) is 13.2 Å². The Morgan fingerprint density at radius 2 is 1.94 bits per heavy atom. The summed E-state index contributed by atoms with van der Waals surface area (Å²) in [5.41, 5.74) is 5.33. The monoisotopic (exact) mass is 280 g/mol. The molecule has 0 aromatic rings. The Morgan fingerprint density at radius 3 is 2.39 bits per heavy atom. The third kappa shape index (κ3) is 7.50. The summed E-state index contributed by atoms with van der Waals surface area (Å²) in [6, 6.07) is -0.551. The van der Waals surface area contributed by atoms with Crippen molar-refractivity contribution in [3.63, 3.8) is 0 Å². The number of halogens is 1. The summed E-state index contributed by atoms with van der Waals surface area (Å²) in [5, 5.41) is 2.72. The molecule has 0 bridgehead atoms. The average molecular weight is 281 g/mol. The fraction of sp³-hybridized carbons (Fsp3) is 0.833.